The first-order valence-corrected chi connectivity index (χ1v) is 7.41. The predicted molar refractivity (Wildman–Crippen MR) is 86.4 cm³/mol. The van der Waals surface area contributed by atoms with E-state index < -0.39 is 0 Å². The van der Waals surface area contributed by atoms with Crippen LogP contribution in [0.15, 0.2) is 42.5 Å². The first-order valence-electron chi connectivity index (χ1n) is 7.41. The van der Waals surface area contributed by atoms with Gasteiger partial charge in [-0.15, -0.1) is 0 Å². The summed E-state index contributed by atoms with van der Waals surface area (Å²) in [7, 11) is 0. The van der Waals surface area contributed by atoms with E-state index in [9.17, 15) is 4.79 Å². The first-order chi connectivity index (χ1) is 10.7. The number of pyridine rings is 1. The van der Waals surface area contributed by atoms with Crippen molar-refractivity contribution in [2.75, 3.05) is 36.5 Å². The minimum Gasteiger partial charge on any atom is -0.378 e. The summed E-state index contributed by atoms with van der Waals surface area (Å²) in [5.74, 6) is -0.190. The van der Waals surface area contributed by atoms with Gasteiger partial charge in [0, 0.05) is 18.8 Å². The summed E-state index contributed by atoms with van der Waals surface area (Å²) in [5.41, 5.74) is 3.08. The Morgan fingerprint density at radius 3 is 2.68 bits per heavy atom. The molecule has 0 unspecified atom stereocenters. The van der Waals surface area contributed by atoms with Crippen LogP contribution in [0.4, 0.5) is 11.4 Å². The first kappa shape index (κ1) is 14.5. The molecule has 0 saturated carbocycles. The Bertz CT molecular complexity index is 666. The lowest BCUT2D eigenvalue weighted by molar-refractivity contribution is 0.102. The van der Waals surface area contributed by atoms with Crippen molar-refractivity contribution in [2.24, 2.45) is 0 Å². The molecule has 5 heteroatoms. The van der Waals surface area contributed by atoms with Gasteiger partial charge in [0.15, 0.2) is 0 Å². The molecule has 1 aliphatic rings. The fourth-order valence-electron chi connectivity index (χ4n) is 2.52. The Morgan fingerprint density at radius 1 is 1.14 bits per heavy atom. The summed E-state index contributed by atoms with van der Waals surface area (Å²) in [6.07, 6.45) is 0. The number of carbonyl (C=O) groups excluding carboxylic acids is 1. The Hall–Kier alpha value is -2.40. The van der Waals surface area contributed by atoms with Gasteiger partial charge in [0.1, 0.15) is 5.69 Å². The summed E-state index contributed by atoms with van der Waals surface area (Å²) < 4.78 is 5.39. The minimum atomic E-state index is -0.190. The molecule has 0 atom stereocenters. The Morgan fingerprint density at radius 2 is 1.91 bits per heavy atom. The Labute approximate surface area is 129 Å². The van der Waals surface area contributed by atoms with E-state index in [4.69, 9.17) is 4.74 Å². The molecule has 1 aromatic carbocycles. The maximum Gasteiger partial charge on any atom is 0.274 e. The van der Waals surface area contributed by atoms with Gasteiger partial charge in [-0.05, 0) is 31.2 Å². The zero-order chi connectivity index (χ0) is 15.4. The molecule has 1 amide bonds. The van der Waals surface area contributed by atoms with E-state index in [1.165, 1.54) is 0 Å². The van der Waals surface area contributed by atoms with Crippen LogP contribution in [0.3, 0.4) is 0 Å². The normalized spacial score (nSPS) is 14.7. The smallest absolute Gasteiger partial charge is 0.274 e. The molecule has 1 N–H and O–H groups in total. The van der Waals surface area contributed by atoms with Crippen LogP contribution in [0.5, 0.6) is 0 Å². The fourth-order valence-corrected chi connectivity index (χ4v) is 2.52. The number of nitrogens with one attached hydrogen (secondary N) is 1. The zero-order valence-corrected chi connectivity index (χ0v) is 12.6. The molecule has 0 aliphatic carbocycles. The van der Waals surface area contributed by atoms with Crippen LogP contribution < -0.4 is 10.2 Å². The molecule has 0 bridgehead atoms. The van der Waals surface area contributed by atoms with Gasteiger partial charge < -0.3 is 15.0 Å². The number of morpholine rings is 1. The van der Waals surface area contributed by atoms with Crippen molar-refractivity contribution in [1.82, 2.24) is 4.98 Å². The Kier molecular flexibility index (Phi) is 4.34. The standard InChI is InChI=1S/C17H19N3O2/c1-13-5-4-7-15(18-13)17(21)19-14-6-2-3-8-16(14)20-9-11-22-12-10-20/h2-8H,9-12H2,1H3,(H,19,21). The van der Waals surface area contributed by atoms with E-state index in [0.29, 0.717) is 18.9 Å². The van der Waals surface area contributed by atoms with Crippen LogP contribution in [0.1, 0.15) is 16.2 Å². The number of nitrogens with zero attached hydrogens (tertiary/aromatic N) is 2. The second-order valence-corrected chi connectivity index (χ2v) is 5.23. The molecular weight excluding hydrogens is 278 g/mol. The number of amides is 1. The largest absolute Gasteiger partial charge is 0.378 e. The molecule has 22 heavy (non-hydrogen) atoms. The zero-order valence-electron chi connectivity index (χ0n) is 12.6. The van der Waals surface area contributed by atoms with Crippen LogP contribution in [0.25, 0.3) is 0 Å². The number of hydrogen-bond donors (Lipinski definition) is 1. The molecule has 2 aromatic rings. The van der Waals surface area contributed by atoms with Crippen LogP contribution >= 0.6 is 0 Å². The van der Waals surface area contributed by atoms with Gasteiger partial charge >= 0.3 is 0 Å². The third kappa shape index (κ3) is 3.26. The van der Waals surface area contributed by atoms with E-state index in [-0.39, 0.29) is 5.91 Å². The predicted octanol–water partition coefficient (Wildman–Crippen LogP) is 2.48. The van der Waals surface area contributed by atoms with E-state index in [1.807, 2.05) is 43.3 Å². The van der Waals surface area contributed by atoms with Crippen molar-refractivity contribution >= 4 is 17.3 Å². The molecule has 1 aromatic heterocycles. The molecule has 3 rings (SSSR count). The summed E-state index contributed by atoms with van der Waals surface area (Å²) in [6, 6.07) is 13.3. The number of hydrogen-bond acceptors (Lipinski definition) is 4. The topological polar surface area (TPSA) is 54.5 Å². The number of ether oxygens (including phenoxy) is 1. The van der Waals surface area contributed by atoms with E-state index in [2.05, 4.69) is 15.2 Å². The summed E-state index contributed by atoms with van der Waals surface area (Å²) in [5, 5.41) is 2.97. The summed E-state index contributed by atoms with van der Waals surface area (Å²) in [6.45, 7) is 4.95. The van der Waals surface area contributed by atoms with Crippen LogP contribution in [-0.2, 0) is 4.74 Å². The Balaban J connectivity index is 1.81. The lowest BCUT2D eigenvalue weighted by Crippen LogP contribution is -2.36. The lowest BCUT2D eigenvalue weighted by Gasteiger charge is -2.30. The maximum absolute atomic E-state index is 12.4. The molecule has 0 spiro atoms. The molecule has 0 radical (unpaired) electrons. The number of benzene rings is 1. The number of aryl methyl sites for hydroxylation is 1. The van der Waals surface area contributed by atoms with Gasteiger partial charge in [-0.25, -0.2) is 4.98 Å². The maximum atomic E-state index is 12.4. The van der Waals surface area contributed by atoms with Gasteiger partial charge in [-0.1, -0.05) is 18.2 Å². The van der Waals surface area contributed by atoms with E-state index in [1.54, 1.807) is 6.07 Å². The highest BCUT2D eigenvalue weighted by Gasteiger charge is 2.16. The molecular formula is C17H19N3O2. The molecule has 1 fully saturated rings. The number of para-hydroxylation sites is 2. The van der Waals surface area contributed by atoms with Crippen molar-refractivity contribution in [2.45, 2.75) is 6.92 Å². The van der Waals surface area contributed by atoms with Crippen LogP contribution in [0, 0.1) is 6.92 Å². The summed E-state index contributed by atoms with van der Waals surface area (Å²) in [4.78, 5) is 18.9. The van der Waals surface area contributed by atoms with Gasteiger partial charge in [-0.2, -0.15) is 0 Å². The highest BCUT2D eigenvalue weighted by atomic mass is 16.5. The van der Waals surface area contributed by atoms with Crippen molar-refractivity contribution in [1.29, 1.82) is 0 Å². The van der Waals surface area contributed by atoms with Crippen LogP contribution in [-0.4, -0.2) is 37.2 Å². The number of carbonyl (C=O) groups is 1. The average Bonchev–Trinajstić information content (AvgIpc) is 2.56. The molecule has 5 nitrogen and oxygen atoms in total. The molecule has 114 valence electrons. The van der Waals surface area contributed by atoms with Crippen molar-refractivity contribution in [3.05, 3.63) is 53.9 Å². The van der Waals surface area contributed by atoms with Gasteiger partial charge in [-0.3, -0.25) is 4.79 Å². The van der Waals surface area contributed by atoms with Crippen molar-refractivity contribution in [3.8, 4) is 0 Å². The second kappa shape index (κ2) is 6.58. The van der Waals surface area contributed by atoms with Crippen molar-refractivity contribution in [3.63, 3.8) is 0 Å². The molecule has 1 saturated heterocycles. The summed E-state index contributed by atoms with van der Waals surface area (Å²) >= 11 is 0. The van der Waals surface area contributed by atoms with Gasteiger partial charge in [0.2, 0.25) is 0 Å². The van der Waals surface area contributed by atoms with E-state index >= 15 is 0 Å². The van der Waals surface area contributed by atoms with Gasteiger partial charge in [0.05, 0.1) is 24.6 Å². The fraction of sp³-hybridized carbons (Fsp3) is 0.294. The number of anilines is 2. The van der Waals surface area contributed by atoms with Gasteiger partial charge in [0.25, 0.3) is 5.91 Å². The third-order valence-corrected chi connectivity index (χ3v) is 3.62. The number of aromatic nitrogens is 1. The minimum absolute atomic E-state index is 0.190. The highest BCUT2D eigenvalue weighted by molar-refractivity contribution is 6.04. The molecule has 2 heterocycles. The third-order valence-electron chi connectivity index (χ3n) is 3.62. The molecule has 1 aliphatic heterocycles. The lowest BCUT2D eigenvalue weighted by atomic mass is 10.2. The number of rotatable bonds is 3. The quantitative estimate of drug-likeness (QED) is 0.945. The SMILES string of the molecule is Cc1cccc(C(=O)Nc2ccccc2N2CCOCC2)n1. The van der Waals surface area contributed by atoms with Crippen molar-refractivity contribution < 1.29 is 9.53 Å². The average molecular weight is 297 g/mol. The highest BCUT2D eigenvalue weighted by Crippen LogP contribution is 2.26. The van der Waals surface area contributed by atoms with E-state index in [0.717, 1.165) is 30.2 Å². The van der Waals surface area contributed by atoms with Crippen LogP contribution in [0.2, 0.25) is 0 Å². The monoisotopic (exact) mass is 297 g/mol. The second-order valence-electron chi connectivity index (χ2n) is 5.23.